The molecule has 0 aromatic heterocycles. The number of carbonyl (C=O) groups is 2. The van der Waals surface area contributed by atoms with Crippen molar-refractivity contribution in [3.63, 3.8) is 0 Å². The van der Waals surface area contributed by atoms with Crippen molar-refractivity contribution < 1.29 is 101 Å². The molecule has 0 unspecified atom stereocenters. The Hall–Kier alpha value is 0.356. The average molecular weight is 406 g/mol. The van der Waals surface area contributed by atoms with Crippen LogP contribution in [-0.4, -0.2) is 71.2 Å². The maximum atomic E-state index is 10.6. The third-order valence-corrected chi connectivity index (χ3v) is 2.80. The van der Waals surface area contributed by atoms with E-state index in [0.29, 0.717) is 0 Å². The van der Waals surface area contributed by atoms with Gasteiger partial charge >= 0.3 is 63.3 Å². The van der Waals surface area contributed by atoms with Crippen molar-refractivity contribution in [3.8, 4) is 0 Å². The minimum atomic E-state index is -3.65. The fourth-order valence-corrected chi connectivity index (χ4v) is 1.98. The summed E-state index contributed by atoms with van der Waals surface area (Å²) in [6.07, 6.45) is -0.719. The summed E-state index contributed by atoms with van der Waals surface area (Å²) in [5.74, 6) is -2.01. The first-order chi connectivity index (χ1) is 9.19. The molecule has 2 atom stereocenters. The molecule has 0 aromatic carbocycles. The van der Waals surface area contributed by atoms with Crippen molar-refractivity contribution in [1.29, 1.82) is 0 Å². The van der Waals surface area contributed by atoms with Crippen molar-refractivity contribution in [3.05, 3.63) is 0 Å². The molecule has 0 spiro atoms. The zero-order valence-electron chi connectivity index (χ0n) is 13.5. The van der Waals surface area contributed by atoms with E-state index in [1.807, 2.05) is 0 Å². The molecule has 11 nitrogen and oxygen atoms in total. The number of hydrogen-bond acceptors (Lipinski definition) is 10. The molecule has 23 heavy (non-hydrogen) atoms. The van der Waals surface area contributed by atoms with Gasteiger partial charge in [-0.1, -0.05) is 0 Å². The van der Waals surface area contributed by atoms with Gasteiger partial charge in [0, 0.05) is 0 Å². The zero-order chi connectivity index (χ0) is 17.4. The fraction of sp³-hybridized carbons (Fsp3) is 0.778. The first kappa shape index (κ1) is 31.2. The first-order valence-corrected chi connectivity index (χ1v) is 8.90. The van der Waals surface area contributed by atoms with Gasteiger partial charge in [-0.2, -0.15) is 16.8 Å². The SMILES string of the molecule is COC(=O)[C@@H](C)OS(C)(=O)=O.C[C@@H](OS(C)(=O)=O)C(=O)O.[K+].[OH-]. The molecule has 0 bridgehead atoms. The summed E-state index contributed by atoms with van der Waals surface area (Å²) >= 11 is 0. The van der Waals surface area contributed by atoms with Gasteiger partial charge in [0.15, 0.2) is 12.2 Å². The van der Waals surface area contributed by atoms with Gasteiger partial charge in [-0.05, 0) is 13.8 Å². The van der Waals surface area contributed by atoms with Crippen LogP contribution in [0.4, 0.5) is 0 Å². The summed E-state index contributed by atoms with van der Waals surface area (Å²) < 4.78 is 54.0. The first-order valence-electron chi connectivity index (χ1n) is 5.26. The minimum absolute atomic E-state index is 0. The van der Waals surface area contributed by atoms with Crippen LogP contribution in [0.3, 0.4) is 0 Å². The topological polar surface area (TPSA) is 180 Å². The number of aliphatic carboxylic acids is 1. The van der Waals surface area contributed by atoms with Crippen molar-refractivity contribution in [2.45, 2.75) is 26.1 Å². The summed E-state index contributed by atoms with van der Waals surface area (Å²) in [4.78, 5) is 20.6. The Morgan fingerprint density at radius 3 is 1.39 bits per heavy atom. The third-order valence-electron chi connectivity index (χ3n) is 1.52. The molecule has 0 aromatic rings. The van der Waals surface area contributed by atoms with Crippen LogP contribution in [0.5, 0.6) is 0 Å². The van der Waals surface area contributed by atoms with Gasteiger partial charge in [0.25, 0.3) is 20.2 Å². The second kappa shape index (κ2) is 13.6. The molecule has 0 amide bonds. The van der Waals surface area contributed by atoms with E-state index < -0.39 is 44.4 Å². The van der Waals surface area contributed by atoms with E-state index >= 15 is 0 Å². The molecule has 0 saturated heterocycles. The Bertz CT molecular complexity index is 554. The molecule has 0 rings (SSSR count). The summed E-state index contributed by atoms with van der Waals surface area (Å²) in [7, 11) is -6.07. The molecule has 0 aliphatic heterocycles. The van der Waals surface area contributed by atoms with Gasteiger partial charge in [0.1, 0.15) is 0 Å². The zero-order valence-corrected chi connectivity index (χ0v) is 18.3. The third kappa shape index (κ3) is 22.4. The Labute approximate surface area is 177 Å². The van der Waals surface area contributed by atoms with Crippen molar-refractivity contribution >= 4 is 32.2 Å². The quantitative estimate of drug-likeness (QED) is 0.256. The van der Waals surface area contributed by atoms with Crippen LogP contribution in [-0.2, 0) is 42.9 Å². The predicted octanol–water partition coefficient (Wildman–Crippen LogP) is -4.21. The Balaban J connectivity index is -0.000000145. The number of carboxylic acids is 1. The van der Waals surface area contributed by atoms with E-state index in [1.165, 1.54) is 6.92 Å². The fourth-order valence-electron chi connectivity index (χ4n) is 0.771. The second-order valence-corrected chi connectivity index (χ2v) is 6.95. The molecule has 0 aliphatic rings. The van der Waals surface area contributed by atoms with Crippen LogP contribution in [0.1, 0.15) is 13.8 Å². The summed E-state index contributed by atoms with van der Waals surface area (Å²) in [6.45, 7) is 2.44. The van der Waals surface area contributed by atoms with Crippen LogP contribution in [0.25, 0.3) is 0 Å². The molecule has 2 N–H and O–H groups in total. The van der Waals surface area contributed by atoms with Crippen LogP contribution in [0.15, 0.2) is 0 Å². The number of rotatable bonds is 6. The molecule has 134 valence electrons. The summed E-state index contributed by atoms with van der Waals surface area (Å²) in [5.41, 5.74) is 0. The maximum Gasteiger partial charge on any atom is 1.00 e. The van der Waals surface area contributed by atoms with E-state index in [1.54, 1.807) is 0 Å². The molecular formula is C9H19KO11S2. The Morgan fingerprint density at radius 2 is 1.22 bits per heavy atom. The second-order valence-electron chi connectivity index (χ2n) is 3.75. The van der Waals surface area contributed by atoms with Crippen LogP contribution >= 0.6 is 0 Å². The Kier molecular flexibility index (Phi) is 18.5. The minimum Gasteiger partial charge on any atom is -0.870 e. The number of carboxylic acid groups (broad SMARTS) is 1. The molecule has 0 heterocycles. The predicted molar refractivity (Wildman–Crippen MR) is 72.4 cm³/mol. The van der Waals surface area contributed by atoms with Gasteiger partial charge in [0.05, 0.1) is 19.6 Å². The molecule has 14 heteroatoms. The number of hydrogen-bond donors (Lipinski definition) is 1. The van der Waals surface area contributed by atoms with Crippen molar-refractivity contribution in [2.24, 2.45) is 0 Å². The monoisotopic (exact) mass is 406 g/mol. The van der Waals surface area contributed by atoms with Gasteiger partial charge in [-0.3, -0.25) is 8.37 Å². The number of methoxy groups -OCH3 is 1. The number of esters is 1. The summed E-state index contributed by atoms with van der Waals surface area (Å²) in [5, 5.41) is 8.16. The van der Waals surface area contributed by atoms with Gasteiger partial charge in [-0.15, -0.1) is 0 Å². The maximum absolute atomic E-state index is 10.6. The molecule has 0 saturated carbocycles. The molecule has 0 radical (unpaired) electrons. The van der Waals surface area contributed by atoms with Gasteiger partial charge in [-0.25, -0.2) is 9.59 Å². The van der Waals surface area contributed by atoms with E-state index in [4.69, 9.17) is 5.11 Å². The number of carbonyl (C=O) groups excluding carboxylic acids is 1. The van der Waals surface area contributed by atoms with Gasteiger partial charge in [0.2, 0.25) is 0 Å². The molecular weight excluding hydrogens is 387 g/mol. The summed E-state index contributed by atoms with van der Waals surface area (Å²) in [6, 6.07) is 0. The molecule has 0 fully saturated rings. The van der Waals surface area contributed by atoms with Crippen LogP contribution in [0, 0.1) is 0 Å². The van der Waals surface area contributed by atoms with Crippen LogP contribution in [0.2, 0.25) is 0 Å². The largest absolute Gasteiger partial charge is 1.00 e. The van der Waals surface area contributed by atoms with Crippen LogP contribution < -0.4 is 51.4 Å². The van der Waals surface area contributed by atoms with E-state index in [0.717, 1.165) is 26.5 Å². The standard InChI is InChI=1S/C5H10O5S.C4H8O5S.K.H2O/c1-4(5(6)9-2)10-11(3,7)8;1-3(4(5)6)9-10(2,7)8;;/h4H,1-3H3;3H,1-2H3,(H,5,6);;1H2/q;;+1;/p-1/t4-;3-;;/m11../s1. The number of ether oxygens (including phenoxy) is 1. The normalized spacial score (nSPS) is 13.1. The smallest absolute Gasteiger partial charge is 0.870 e. The van der Waals surface area contributed by atoms with E-state index in [9.17, 15) is 26.4 Å². The van der Waals surface area contributed by atoms with Gasteiger partial charge < -0.3 is 15.3 Å². The van der Waals surface area contributed by atoms with Crippen molar-refractivity contribution in [1.82, 2.24) is 0 Å². The molecule has 0 aliphatic carbocycles. The average Bonchev–Trinajstić information content (AvgIpc) is 2.24. The van der Waals surface area contributed by atoms with E-state index in [2.05, 4.69) is 13.1 Å². The Morgan fingerprint density at radius 1 is 0.913 bits per heavy atom. The van der Waals surface area contributed by atoms with Crippen molar-refractivity contribution in [2.75, 3.05) is 19.6 Å². The van der Waals surface area contributed by atoms with E-state index in [-0.39, 0.29) is 56.9 Å².